The molecule has 0 aliphatic heterocycles. The summed E-state index contributed by atoms with van der Waals surface area (Å²) in [5.41, 5.74) is -3.25. The quantitative estimate of drug-likeness (QED) is 0.840. The van der Waals surface area contributed by atoms with Gasteiger partial charge in [0.2, 0.25) is 0 Å². The molecule has 0 saturated carbocycles. The fourth-order valence-corrected chi connectivity index (χ4v) is 3.34. The number of hydrogen-bond acceptors (Lipinski definition) is 3. The molecule has 0 spiro atoms. The topological polar surface area (TPSA) is 46.5 Å². The van der Waals surface area contributed by atoms with Crippen molar-refractivity contribution in [2.45, 2.75) is 25.1 Å². The number of allylic oxidation sites excluding steroid dienone is 2. The number of carbonyl (C=O) groups excluding carboxylic acids is 1. The van der Waals surface area contributed by atoms with Crippen LogP contribution in [0.5, 0.6) is 0 Å². The van der Waals surface area contributed by atoms with Gasteiger partial charge in [0.15, 0.2) is 0 Å². The summed E-state index contributed by atoms with van der Waals surface area (Å²) < 4.78 is 21.4. The first kappa shape index (κ1) is 18.1. The molecule has 4 heteroatoms. The first-order valence-electron chi connectivity index (χ1n) is 8.55. The number of alkyl halides is 1. The standard InChI is InChI=1S/C22H21FO3/c1-3-26-20(24)22(23)19(17-12-8-5-9-13-17)15-14-18(21(22,2)25)16-10-6-4-7-11-16/h4-15,25H,3H2,1-2H3/t21-,22+/m0/s1. The van der Waals surface area contributed by atoms with E-state index in [1.165, 1.54) is 6.92 Å². The second-order valence-electron chi connectivity index (χ2n) is 6.34. The average Bonchev–Trinajstić information content (AvgIpc) is 2.65. The number of hydrogen-bond donors (Lipinski definition) is 1. The third-order valence-electron chi connectivity index (χ3n) is 4.71. The number of halogens is 1. The fraction of sp³-hybridized carbons (Fsp3) is 0.227. The highest BCUT2D eigenvalue weighted by Gasteiger charge is 2.61. The van der Waals surface area contributed by atoms with Crippen molar-refractivity contribution in [3.63, 3.8) is 0 Å². The summed E-state index contributed by atoms with van der Waals surface area (Å²) >= 11 is 0. The molecule has 2 aromatic carbocycles. The molecule has 0 unspecified atom stereocenters. The van der Waals surface area contributed by atoms with Crippen molar-refractivity contribution in [3.05, 3.63) is 83.9 Å². The number of aliphatic hydroxyl groups is 1. The zero-order valence-electron chi connectivity index (χ0n) is 14.8. The summed E-state index contributed by atoms with van der Waals surface area (Å²) in [6.07, 6.45) is 3.21. The molecular weight excluding hydrogens is 331 g/mol. The van der Waals surface area contributed by atoms with Gasteiger partial charge >= 0.3 is 5.97 Å². The second-order valence-corrected chi connectivity index (χ2v) is 6.34. The normalized spacial score (nSPS) is 25.2. The Kier molecular flexibility index (Phi) is 4.79. The molecule has 0 amide bonds. The first-order valence-corrected chi connectivity index (χ1v) is 8.55. The van der Waals surface area contributed by atoms with Crippen LogP contribution < -0.4 is 0 Å². The lowest BCUT2D eigenvalue weighted by Crippen LogP contribution is -2.57. The number of rotatable bonds is 4. The van der Waals surface area contributed by atoms with E-state index in [1.807, 2.05) is 6.07 Å². The summed E-state index contributed by atoms with van der Waals surface area (Å²) in [6, 6.07) is 17.7. The molecule has 134 valence electrons. The van der Waals surface area contributed by atoms with Gasteiger partial charge < -0.3 is 9.84 Å². The lowest BCUT2D eigenvalue weighted by molar-refractivity contribution is -0.163. The molecule has 1 N–H and O–H groups in total. The summed E-state index contributed by atoms with van der Waals surface area (Å²) in [5, 5.41) is 11.3. The van der Waals surface area contributed by atoms with Gasteiger partial charge in [-0.3, -0.25) is 0 Å². The molecule has 0 fully saturated rings. The highest BCUT2D eigenvalue weighted by Crippen LogP contribution is 2.49. The summed E-state index contributed by atoms with van der Waals surface area (Å²) in [4.78, 5) is 12.7. The zero-order chi connectivity index (χ0) is 18.8. The Balaban J connectivity index is 2.23. The van der Waals surface area contributed by atoms with Crippen molar-refractivity contribution in [2.24, 2.45) is 0 Å². The minimum absolute atomic E-state index is 0.0209. The molecular formula is C22H21FO3. The molecule has 3 rings (SSSR count). The van der Waals surface area contributed by atoms with Crippen molar-refractivity contribution < 1.29 is 19.0 Å². The maximum Gasteiger partial charge on any atom is 0.352 e. The van der Waals surface area contributed by atoms with E-state index < -0.39 is 17.2 Å². The van der Waals surface area contributed by atoms with Gasteiger partial charge in [0.25, 0.3) is 5.67 Å². The molecule has 26 heavy (non-hydrogen) atoms. The number of ether oxygens (including phenoxy) is 1. The SMILES string of the molecule is CCOC(=O)[C@]1(F)C(c2ccccc2)=CC=C(c2ccccc2)[C@]1(C)O. The van der Waals surface area contributed by atoms with E-state index >= 15 is 4.39 Å². The molecule has 3 nitrogen and oxygen atoms in total. The molecule has 1 aliphatic rings. The van der Waals surface area contributed by atoms with Crippen LogP contribution in [-0.4, -0.2) is 29.0 Å². The Bertz CT molecular complexity index is 853. The Morgan fingerprint density at radius 2 is 1.42 bits per heavy atom. The smallest absolute Gasteiger partial charge is 0.352 e. The van der Waals surface area contributed by atoms with Gasteiger partial charge in [0, 0.05) is 5.57 Å². The van der Waals surface area contributed by atoms with E-state index in [0.29, 0.717) is 16.7 Å². The second kappa shape index (κ2) is 6.89. The molecule has 2 atom stereocenters. The Hall–Kier alpha value is -2.72. The average molecular weight is 352 g/mol. The van der Waals surface area contributed by atoms with Gasteiger partial charge in [0.1, 0.15) is 5.60 Å². The van der Waals surface area contributed by atoms with Gasteiger partial charge in [-0.15, -0.1) is 0 Å². The first-order chi connectivity index (χ1) is 12.4. The summed E-state index contributed by atoms with van der Waals surface area (Å²) in [7, 11) is 0. The van der Waals surface area contributed by atoms with E-state index in [-0.39, 0.29) is 12.2 Å². The number of benzene rings is 2. The molecule has 2 aromatic rings. The van der Waals surface area contributed by atoms with Gasteiger partial charge in [-0.2, -0.15) is 0 Å². The molecule has 0 heterocycles. The molecule has 0 saturated heterocycles. The largest absolute Gasteiger partial charge is 0.463 e. The van der Waals surface area contributed by atoms with E-state index in [1.54, 1.807) is 73.7 Å². The van der Waals surface area contributed by atoms with Gasteiger partial charge in [-0.25, -0.2) is 9.18 Å². The van der Waals surface area contributed by atoms with Crippen LogP contribution in [0, 0.1) is 0 Å². The van der Waals surface area contributed by atoms with E-state index in [9.17, 15) is 9.90 Å². The Morgan fingerprint density at radius 3 is 1.92 bits per heavy atom. The summed E-state index contributed by atoms with van der Waals surface area (Å²) in [6.45, 7) is 2.95. The predicted octanol–water partition coefficient (Wildman–Crippen LogP) is 4.19. The summed E-state index contributed by atoms with van der Waals surface area (Å²) in [5.74, 6) is -1.10. The monoisotopic (exact) mass is 352 g/mol. The van der Waals surface area contributed by atoms with Crippen LogP contribution in [0.15, 0.2) is 72.8 Å². The van der Waals surface area contributed by atoms with Crippen LogP contribution >= 0.6 is 0 Å². The highest BCUT2D eigenvalue weighted by atomic mass is 19.1. The maximum absolute atomic E-state index is 16.4. The van der Waals surface area contributed by atoms with E-state index in [4.69, 9.17) is 4.74 Å². The predicted molar refractivity (Wildman–Crippen MR) is 99.9 cm³/mol. The third-order valence-corrected chi connectivity index (χ3v) is 4.71. The van der Waals surface area contributed by atoms with Crippen LogP contribution in [0.3, 0.4) is 0 Å². The van der Waals surface area contributed by atoms with Crippen molar-refractivity contribution >= 4 is 17.1 Å². The molecule has 0 bridgehead atoms. The van der Waals surface area contributed by atoms with Crippen molar-refractivity contribution in [1.29, 1.82) is 0 Å². The Labute approximate surface area is 152 Å². The van der Waals surface area contributed by atoms with Gasteiger partial charge in [-0.1, -0.05) is 72.8 Å². The fourth-order valence-electron chi connectivity index (χ4n) is 3.34. The minimum Gasteiger partial charge on any atom is -0.463 e. The Morgan fingerprint density at radius 1 is 0.962 bits per heavy atom. The van der Waals surface area contributed by atoms with Gasteiger partial charge in [0.05, 0.1) is 6.61 Å². The zero-order valence-corrected chi connectivity index (χ0v) is 14.8. The van der Waals surface area contributed by atoms with Crippen molar-refractivity contribution in [3.8, 4) is 0 Å². The molecule has 0 radical (unpaired) electrons. The third kappa shape index (κ3) is 2.76. The van der Waals surface area contributed by atoms with Crippen molar-refractivity contribution in [1.82, 2.24) is 0 Å². The lowest BCUT2D eigenvalue weighted by Gasteiger charge is -2.42. The van der Waals surface area contributed by atoms with Crippen LogP contribution in [-0.2, 0) is 9.53 Å². The van der Waals surface area contributed by atoms with E-state index in [0.717, 1.165) is 0 Å². The van der Waals surface area contributed by atoms with E-state index in [2.05, 4.69) is 0 Å². The number of carbonyl (C=O) groups is 1. The van der Waals surface area contributed by atoms with Crippen LogP contribution in [0.4, 0.5) is 4.39 Å². The van der Waals surface area contributed by atoms with Crippen LogP contribution in [0.1, 0.15) is 25.0 Å². The maximum atomic E-state index is 16.4. The minimum atomic E-state index is -2.73. The van der Waals surface area contributed by atoms with Crippen LogP contribution in [0.2, 0.25) is 0 Å². The van der Waals surface area contributed by atoms with Crippen LogP contribution in [0.25, 0.3) is 11.1 Å². The highest BCUT2D eigenvalue weighted by molar-refractivity contribution is 6.04. The number of esters is 1. The molecule has 0 aromatic heterocycles. The van der Waals surface area contributed by atoms with Gasteiger partial charge in [-0.05, 0) is 30.5 Å². The van der Waals surface area contributed by atoms with Crippen molar-refractivity contribution in [2.75, 3.05) is 6.61 Å². The molecule has 1 aliphatic carbocycles. The lowest BCUT2D eigenvalue weighted by atomic mass is 9.68.